The van der Waals surface area contributed by atoms with Gasteiger partial charge in [0.05, 0.1) is 12.0 Å². The number of carboxylic acids is 1. The molecule has 1 unspecified atom stereocenters. The first-order valence-corrected chi connectivity index (χ1v) is 6.10. The summed E-state index contributed by atoms with van der Waals surface area (Å²) in [4.78, 5) is 22.0. The third kappa shape index (κ3) is 5.68. The van der Waals surface area contributed by atoms with Gasteiger partial charge in [0.2, 0.25) is 5.91 Å². The van der Waals surface area contributed by atoms with E-state index in [9.17, 15) is 14.7 Å². The summed E-state index contributed by atoms with van der Waals surface area (Å²) in [6.07, 6.45) is 4.70. The van der Waals surface area contributed by atoms with Gasteiger partial charge < -0.3 is 15.5 Å². The van der Waals surface area contributed by atoms with Gasteiger partial charge in [-0.3, -0.25) is 9.59 Å². The summed E-state index contributed by atoms with van der Waals surface area (Å²) in [7, 11) is 0. The fourth-order valence-electron chi connectivity index (χ4n) is 2.23. The van der Waals surface area contributed by atoms with Crippen LogP contribution in [0.5, 0.6) is 0 Å². The Balaban J connectivity index is 2.24. The summed E-state index contributed by atoms with van der Waals surface area (Å²) >= 11 is 0. The predicted octanol–water partition coefficient (Wildman–Crippen LogP) is 0.909. The summed E-state index contributed by atoms with van der Waals surface area (Å²) in [5, 5.41) is 20.9. The minimum Gasteiger partial charge on any atom is -0.481 e. The Bertz CT molecular complexity index is 282. The molecule has 0 spiro atoms. The van der Waals surface area contributed by atoms with E-state index in [0.29, 0.717) is 12.3 Å². The molecule has 0 aromatic heterocycles. The molecule has 0 heterocycles. The normalized spacial score (nSPS) is 19.9. The van der Waals surface area contributed by atoms with E-state index < -0.39 is 11.6 Å². The molecule has 98 valence electrons. The van der Waals surface area contributed by atoms with Gasteiger partial charge in [-0.05, 0) is 25.7 Å². The fraction of sp³-hybridized carbons (Fsp3) is 0.833. The Morgan fingerprint density at radius 2 is 1.94 bits per heavy atom. The van der Waals surface area contributed by atoms with Crippen molar-refractivity contribution in [2.45, 2.75) is 51.0 Å². The summed E-state index contributed by atoms with van der Waals surface area (Å²) in [5.74, 6) is -0.706. The van der Waals surface area contributed by atoms with E-state index in [4.69, 9.17) is 5.11 Å². The van der Waals surface area contributed by atoms with Crippen LogP contribution >= 0.6 is 0 Å². The molecule has 1 saturated carbocycles. The number of hydrogen-bond acceptors (Lipinski definition) is 3. The van der Waals surface area contributed by atoms with Gasteiger partial charge in [0.15, 0.2) is 0 Å². The standard InChI is InChI=1S/C12H21NO4/c1-12(17,7-11(15)16)8-13-10(14)6-9-4-2-3-5-9/h9,17H,2-8H2,1H3,(H,13,14)(H,15,16). The first-order valence-electron chi connectivity index (χ1n) is 6.10. The number of carboxylic acid groups (broad SMARTS) is 1. The Morgan fingerprint density at radius 1 is 1.35 bits per heavy atom. The highest BCUT2D eigenvalue weighted by Crippen LogP contribution is 2.27. The maximum Gasteiger partial charge on any atom is 0.306 e. The number of carbonyl (C=O) groups excluding carboxylic acids is 1. The van der Waals surface area contributed by atoms with Crippen molar-refractivity contribution in [1.82, 2.24) is 5.32 Å². The van der Waals surface area contributed by atoms with Crippen molar-refractivity contribution in [2.24, 2.45) is 5.92 Å². The van der Waals surface area contributed by atoms with Crippen LogP contribution in [0.2, 0.25) is 0 Å². The maximum absolute atomic E-state index is 11.6. The number of nitrogens with one attached hydrogen (secondary N) is 1. The number of hydrogen-bond donors (Lipinski definition) is 3. The zero-order chi connectivity index (χ0) is 12.9. The molecule has 1 amide bonds. The van der Waals surface area contributed by atoms with E-state index in [1.54, 1.807) is 0 Å². The summed E-state index contributed by atoms with van der Waals surface area (Å²) < 4.78 is 0. The third-order valence-electron chi connectivity index (χ3n) is 3.15. The van der Waals surface area contributed by atoms with Gasteiger partial charge in [-0.1, -0.05) is 12.8 Å². The van der Waals surface area contributed by atoms with Crippen LogP contribution in [0.1, 0.15) is 45.4 Å². The fourth-order valence-corrected chi connectivity index (χ4v) is 2.23. The Morgan fingerprint density at radius 3 is 2.47 bits per heavy atom. The number of aliphatic carboxylic acids is 1. The number of carbonyl (C=O) groups is 2. The smallest absolute Gasteiger partial charge is 0.306 e. The lowest BCUT2D eigenvalue weighted by Gasteiger charge is -2.21. The van der Waals surface area contributed by atoms with Crippen molar-refractivity contribution in [3.8, 4) is 0 Å². The highest BCUT2D eigenvalue weighted by Gasteiger charge is 2.25. The molecule has 1 rings (SSSR count). The van der Waals surface area contributed by atoms with Gasteiger partial charge in [0.1, 0.15) is 0 Å². The molecule has 0 aromatic rings. The summed E-state index contributed by atoms with van der Waals surface area (Å²) in [6.45, 7) is 1.40. The van der Waals surface area contributed by atoms with E-state index in [1.165, 1.54) is 19.8 Å². The zero-order valence-corrected chi connectivity index (χ0v) is 10.2. The second-order valence-corrected chi connectivity index (χ2v) is 5.20. The lowest BCUT2D eigenvalue weighted by Crippen LogP contribution is -2.42. The van der Waals surface area contributed by atoms with Gasteiger partial charge in [0, 0.05) is 13.0 Å². The molecule has 0 bridgehead atoms. The van der Waals surface area contributed by atoms with Crippen LogP contribution in [-0.4, -0.2) is 34.2 Å². The molecule has 0 aliphatic heterocycles. The van der Waals surface area contributed by atoms with E-state index in [-0.39, 0.29) is 18.9 Å². The van der Waals surface area contributed by atoms with Crippen molar-refractivity contribution < 1.29 is 19.8 Å². The highest BCUT2D eigenvalue weighted by molar-refractivity contribution is 5.76. The topological polar surface area (TPSA) is 86.6 Å². The van der Waals surface area contributed by atoms with Crippen LogP contribution in [0, 0.1) is 5.92 Å². The van der Waals surface area contributed by atoms with Gasteiger partial charge in [-0.15, -0.1) is 0 Å². The summed E-state index contributed by atoms with van der Waals surface area (Å²) in [6, 6.07) is 0. The molecule has 1 aliphatic rings. The van der Waals surface area contributed by atoms with E-state index in [0.717, 1.165) is 12.8 Å². The Kier molecular flexibility index (Phi) is 4.93. The number of aliphatic hydroxyl groups is 1. The van der Waals surface area contributed by atoms with Crippen molar-refractivity contribution >= 4 is 11.9 Å². The molecule has 5 nitrogen and oxygen atoms in total. The van der Waals surface area contributed by atoms with E-state index in [1.807, 2.05) is 0 Å². The van der Waals surface area contributed by atoms with Crippen molar-refractivity contribution in [3.05, 3.63) is 0 Å². The third-order valence-corrected chi connectivity index (χ3v) is 3.15. The lowest BCUT2D eigenvalue weighted by molar-refractivity contribution is -0.142. The minimum atomic E-state index is -1.38. The molecule has 3 N–H and O–H groups in total. The van der Waals surface area contributed by atoms with Crippen LogP contribution in [-0.2, 0) is 9.59 Å². The maximum atomic E-state index is 11.6. The van der Waals surface area contributed by atoms with E-state index in [2.05, 4.69) is 5.32 Å². The van der Waals surface area contributed by atoms with Crippen molar-refractivity contribution in [1.29, 1.82) is 0 Å². The molecular formula is C12H21NO4. The molecule has 1 atom stereocenters. The van der Waals surface area contributed by atoms with Gasteiger partial charge >= 0.3 is 5.97 Å². The van der Waals surface area contributed by atoms with Gasteiger partial charge in [0.25, 0.3) is 0 Å². The monoisotopic (exact) mass is 243 g/mol. The second kappa shape index (κ2) is 6.00. The molecule has 5 heteroatoms. The lowest BCUT2D eigenvalue weighted by atomic mass is 10.0. The highest BCUT2D eigenvalue weighted by atomic mass is 16.4. The Hall–Kier alpha value is -1.10. The molecule has 1 aliphatic carbocycles. The minimum absolute atomic E-state index is 0.00907. The van der Waals surface area contributed by atoms with Crippen LogP contribution in [0.4, 0.5) is 0 Å². The molecular weight excluding hydrogens is 222 g/mol. The van der Waals surface area contributed by atoms with Crippen LogP contribution in [0.3, 0.4) is 0 Å². The quantitative estimate of drug-likeness (QED) is 0.647. The van der Waals surface area contributed by atoms with Crippen molar-refractivity contribution in [2.75, 3.05) is 6.54 Å². The van der Waals surface area contributed by atoms with E-state index >= 15 is 0 Å². The SMILES string of the molecule is CC(O)(CNC(=O)CC1CCCC1)CC(=O)O. The molecule has 1 fully saturated rings. The van der Waals surface area contributed by atoms with Gasteiger partial charge in [-0.2, -0.15) is 0 Å². The molecule has 0 saturated heterocycles. The zero-order valence-electron chi connectivity index (χ0n) is 10.2. The van der Waals surface area contributed by atoms with Crippen molar-refractivity contribution in [3.63, 3.8) is 0 Å². The van der Waals surface area contributed by atoms with Crippen LogP contribution in [0.15, 0.2) is 0 Å². The Labute approximate surface area is 101 Å². The first kappa shape index (κ1) is 14.0. The van der Waals surface area contributed by atoms with Crippen LogP contribution < -0.4 is 5.32 Å². The summed E-state index contributed by atoms with van der Waals surface area (Å²) in [5.41, 5.74) is -1.38. The second-order valence-electron chi connectivity index (χ2n) is 5.20. The molecule has 0 radical (unpaired) electrons. The average molecular weight is 243 g/mol. The number of amides is 1. The average Bonchev–Trinajstić information content (AvgIpc) is 2.65. The molecule has 17 heavy (non-hydrogen) atoms. The molecule has 0 aromatic carbocycles. The number of rotatable bonds is 6. The largest absolute Gasteiger partial charge is 0.481 e. The predicted molar refractivity (Wildman–Crippen MR) is 62.5 cm³/mol. The van der Waals surface area contributed by atoms with Gasteiger partial charge in [-0.25, -0.2) is 0 Å². The van der Waals surface area contributed by atoms with Crippen LogP contribution in [0.25, 0.3) is 0 Å². The first-order chi connectivity index (χ1) is 7.89.